The highest BCUT2D eigenvalue weighted by Crippen LogP contribution is 2.32. The maximum atomic E-state index is 13.7. The molecule has 5 rings (SSSR count). The van der Waals surface area contributed by atoms with Crippen LogP contribution in [0.25, 0.3) is 0 Å². The Morgan fingerprint density at radius 1 is 0.909 bits per heavy atom. The number of ether oxygens (including phenoxy) is 1. The fourth-order valence-corrected chi connectivity index (χ4v) is 6.24. The number of halogens is 1. The molecule has 2 aromatic rings. The van der Waals surface area contributed by atoms with Crippen molar-refractivity contribution in [2.75, 3.05) is 6.54 Å². The number of Topliss-reactive ketones (excluding diaryl/α,β-unsaturated/α-hetero) is 1. The molecular weight excluding hydrogens is 584 g/mol. The Labute approximate surface area is 262 Å². The van der Waals surface area contributed by atoms with Crippen molar-refractivity contribution in [3.05, 3.63) is 70.7 Å². The Hall–Kier alpha value is -3.92. The summed E-state index contributed by atoms with van der Waals surface area (Å²) >= 11 is 6.16. The van der Waals surface area contributed by atoms with Gasteiger partial charge in [-0.2, -0.15) is 0 Å². The Morgan fingerprint density at radius 2 is 1.68 bits per heavy atom. The first kappa shape index (κ1) is 31.5. The Kier molecular flexibility index (Phi) is 10.5. The van der Waals surface area contributed by atoms with E-state index in [0.29, 0.717) is 30.8 Å². The number of hydrogen-bond acceptors (Lipinski definition) is 6. The average molecular weight is 623 g/mol. The van der Waals surface area contributed by atoms with Crippen LogP contribution in [0, 0.1) is 11.8 Å². The molecule has 0 spiro atoms. The van der Waals surface area contributed by atoms with Crippen LogP contribution in [0.15, 0.2) is 54.6 Å². The van der Waals surface area contributed by atoms with Crippen LogP contribution in [0.5, 0.6) is 0 Å². The molecule has 2 aromatic carbocycles. The topological polar surface area (TPSA) is 143 Å². The lowest BCUT2D eigenvalue weighted by atomic mass is 9.94. The minimum absolute atomic E-state index is 0.00967. The van der Waals surface area contributed by atoms with Gasteiger partial charge in [0.05, 0.1) is 6.04 Å². The number of nitrogens with one attached hydrogen (secondary N) is 4. The van der Waals surface area contributed by atoms with Crippen LogP contribution in [-0.2, 0) is 36.8 Å². The second-order valence-corrected chi connectivity index (χ2v) is 12.5. The van der Waals surface area contributed by atoms with Gasteiger partial charge >= 0.3 is 6.09 Å². The molecule has 10 nitrogen and oxygen atoms in total. The second-order valence-electron chi connectivity index (χ2n) is 12.0. The molecule has 2 aliphatic carbocycles. The molecule has 1 heterocycles. The zero-order chi connectivity index (χ0) is 31.1. The second kappa shape index (κ2) is 14.7. The van der Waals surface area contributed by atoms with E-state index in [9.17, 15) is 24.0 Å². The minimum Gasteiger partial charge on any atom is -0.446 e. The number of rotatable bonds is 13. The summed E-state index contributed by atoms with van der Waals surface area (Å²) in [5, 5.41) is 11.5. The highest BCUT2D eigenvalue weighted by Gasteiger charge is 2.38. The van der Waals surface area contributed by atoms with Crippen molar-refractivity contribution in [1.29, 1.82) is 0 Å². The van der Waals surface area contributed by atoms with Crippen molar-refractivity contribution in [3.63, 3.8) is 0 Å². The Balaban J connectivity index is 1.27. The van der Waals surface area contributed by atoms with Gasteiger partial charge in [-0.05, 0) is 74.6 Å². The van der Waals surface area contributed by atoms with E-state index < -0.39 is 41.7 Å². The van der Waals surface area contributed by atoms with Gasteiger partial charge in [-0.25, -0.2) is 4.79 Å². The Bertz CT molecular complexity index is 1370. The molecule has 234 valence electrons. The molecule has 11 heteroatoms. The standard InChI is InChI=1S/C33H39ClN4O6/c34-24-10-4-8-21(17-24)16-22-9-5-11-28(22)44-33(43)38-27(18-20-6-2-1-3-7-20)31(41)37-26(19-23-14-15-35-30(23)40)29(39)32(42)36-25-12-13-25/h1-4,6-8,10,17,22-23,25-28H,5,9,11-16,18-19H2,(H,35,40)(H,36,42)(H,37,41)(H,38,43)/t22?,23-,26-,27-,28?/m0/s1. The zero-order valence-corrected chi connectivity index (χ0v) is 25.3. The molecule has 0 radical (unpaired) electrons. The molecule has 3 aliphatic rings. The Morgan fingerprint density at radius 3 is 2.39 bits per heavy atom. The van der Waals surface area contributed by atoms with Crippen molar-refractivity contribution in [3.8, 4) is 0 Å². The van der Waals surface area contributed by atoms with E-state index in [1.807, 2.05) is 54.6 Å². The van der Waals surface area contributed by atoms with Crippen LogP contribution in [0.3, 0.4) is 0 Å². The highest BCUT2D eigenvalue weighted by atomic mass is 35.5. The fraction of sp³-hybridized carbons (Fsp3) is 0.485. The summed E-state index contributed by atoms with van der Waals surface area (Å²) in [5.41, 5.74) is 1.86. The molecule has 0 bridgehead atoms. The van der Waals surface area contributed by atoms with Gasteiger partial charge in [-0.3, -0.25) is 19.2 Å². The third-order valence-electron chi connectivity index (χ3n) is 8.58. The third kappa shape index (κ3) is 8.81. The molecular formula is C33H39ClN4O6. The van der Waals surface area contributed by atoms with E-state index in [-0.39, 0.29) is 36.8 Å². The molecule has 2 unspecified atom stereocenters. The van der Waals surface area contributed by atoms with E-state index in [2.05, 4.69) is 21.3 Å². The number of ketones is 1. The quantitative estimate of drug-likeness (QED) is 0.253. The lowest BCUT2D eigenvalue weighted by molar-refractivity contribution is -0.141. The van der Waals surface area contributed by atoms with Crippen molar-refractivity contribution in [2.45, 2.75) is 82.0 Å². The van der Waals surface area contributed by atoms with Gasteiger partial charge < -0.3 is 26.0 Å². The zero-order valence-electron chi connectivity index (χ0n) is 24.6. The van der Waals surface area contributed by atoms with Gasteiger partial charge in [0.25, 0.3) is 5.91 Å². The van der Waals surface area contributed by atoms with E-state index in [4.69, 9.17) is 16.3 Å². The summed E-state index contributed by atoms with van der Waals surface area (Å²) in [7, 11) is 0. The highest BCUT2D eigenvalue weighted by molar-refractivity contribution is 6.38. The molecule has 0 aromatic heterocycles. The lowest BCUT2D eigenvalue weighted by Crippen LogP contribution is -2.55. The van der Waals surface area contributed by atoms with E-state index in [0.717, 1.165) is 36.8 Å². The normalized spacial score (nSPS) is 22.4. The molecule has 4 N–H and O–H groups in total. The fourth-order valence-electron chi connectivity index (χ4n) is 6.03. The first-order chi connectivity index (χ1) is 21.2. The molecule has 1 saturated heterocycles. The minimum atomic E-state index is -1.22. The van der Waals surface area contributed by atoms with Crippen molar-refractivity contribution < 1.29 is 28.7 Å². The van der Waals surface area contributed by atoms with Crippen LogP contribution in [-0.4, -0.2) is 60.4 Å². The number of alkyl carbamates (subject to hydrolysis) is 1. The summed E-state index contributed by atoms with van der Waals surface area (Å²) in [6.07, 6.45) is 4.42. The van der Waals surface area contributed by atoms with Crippen molar-refractivity contribution in [1.82, 2.24) is 21.3 Å². The first-order valence-electron chi connectivity index (χ1n) is 15.4. The van der Waals surface area contributed by atoms with E-state index >= 15 is 0 Å². The average Bonchev–Trinajstić information content (AvgIpc) is 3.57. The molecule has 3 fully saturated rings. The number of hydrogen-bond donors (Lipinski definition) is 4. The van der Waals surface area contributed by atoms with E-state index in [1.165, 1.54) is 0 Å². The summed E-state index contributed by atoms with van der Waals surface area (Å²) in [5.74, 6) is -2.84. The maximum Gasteiger partial charge on any atom is 0.408 e. The summed E-state index contributed by atoms with van der Waals surface area (Å²) < 4.78 is 5.86. The SMILES string of the molecule is O=C(N[C@@H](Cc1ccccc1)C(=O)N[C@@H](C[C@@H]1CCNC1=O)C(=O)C(=O)NC1CC1)OC1CCCC1Cc1cccc(Cl)c1. The largest absolute Gasteiger partial charge is 0.446 e. The van der Waals surface area contributed by atoms with Gasteiger partial charge in [0.1, 0.15) is 12.1 Å². The van der Waals surface area contributed by atoms with Crippen LogP contribution in [0.4, 0.5) is 4.79 Å². The number of carbonyl (C=O) groups excluding carboxylic acids is 5. The van der Waals surface area contributed by atoms with Crippen molar-refractivity contribution in [2.24, 2.45) is 11.8 Å². The molecule has 5 atom stereocenters. The van der Waals surface area contributed by atoms with Gasteiger partial charge in [-0.15, -0.1) is 0 Å². The van der Waals surface area contributed by atoms with Gasteiger partial charge in [0.2, 0.25) is 17.6 Å². The molecule has 2 saturated carbocycles. The monoisotopic (exact) mass is 622 g/mol. The number of amides is 4. The summed E-state index contributed by atoms with van der Waals surface area (Å²) in [6.45, 7) is 0.468. The van der Waals surface area contributed by atoms with Crippen LogP contribution in [0.1, 0.15) is 56.1 Å². The van der Waals surface area contributed by atoms with E-state index in [1.54, 1.807) is 0 Å². The summed E-state index contributed by atoms with van der Waals surface area (Å²) in [6, 6.07) is 14.4. The number of benzene rings is 2. The van der Waals surface area contributed by atoms with Gasteiger partial charge in [-0.1, -0.05) is 54.1 Å². The van der Waals surface area contributed by atoms with Crippen LogP contribution < -0.4 is 21.3 Å². The van der Waals surface area contributed by atoms with Gasteiger partial charge in [0, 0.05) is 35.9 Å². The van der Waals surface area contributed by atoms with Gasteiger partial charge in [0.15, 0.2) is 0 Å². The smallest absolute Gasteiger partial charge is 0.408 e. The maximum absolute atomic E-state index is 13.7. The number of carbonyl (C=O) groups is 5. The van der Waals surface area contributed by atoms with Crippen LogP contribution in [0.2, 0.25) is 5.02 Å². The molecule has 4 amide bonds. The predicted molar refractivity (Wildman–Crippen MR) is 164 cm³/mol. The molecule has 44 heavy (non-hydrogen) atoms. The van der Waals surface area contributed by atoms with Crippen LogP contribution >= 0.6 is 11.6 Å². The third-order valence-corrected chi connectivity index (χ3v) is 8.81. The predicted octanol–water partition coefficient (Wildman–Crippen LogP) is 3.25. The lowest BCUT2D eigenvalue weighted by Gasteiger charge is -2.25. The summed E-state index contributed by atoms with van der Waals surface area (Å²) in [4.78, 5) is 65.1. The molecule has 1 aliphatic heterocycles. The first-order valence-corrected chi connectivity index (χ1v) is 15.8. The van der Waals surface area contributed by atoms with Crippen molar-refractivity contribution >= 4 is 41.2 Å².